The summed E-state index contributed by atoms with van der Waals surface area (Å²) < 4.78 is 0. The predicted molar refractivity (Wildman–Crippen MR) is 60.9 cm³/mol. The molecule has 0 aliphatic rings. The van der Waals surface area contributed by atoms with Crippen LogP contribution in [0.5, 0.6) is 0 Å². The van der Waals surface area contributed by atoms with Gasteiger partial charge < -0.3 is 5.32 Å². The minimum absolute atomic E-state index is 0.000370. The molecule has 2 aromatic rings. The van der Waals surface area contributed by atoms with Gasteiger partial charge in [0.05, 0.1) is 6.42 Å². The fraction of sp³-hybridized carbons (Fsp3) is 0.0909. The van der Waals surface area contributed by atoms with E-state index in [1.54, 1.807) is 35.9 Å². The van der Waals surface area contributed by atoms with Crippen molar-refractivity contribution in [1.29, 1.82) is 0 Å². The van der Waals surface area contributed by atoms with Crippen molar-refractivity contribution in [3.05, 3.63) is 46.9 Å². The van der Waals surface area contributed by atoms with Crippen LogP contribution in [0.15, 0.2) is 41.4 Å². The number of aromatic nitrogens is 1. The lowest BCUT2D eigenvalue weighted by atomic mass is 10.2. The maximum absolute atomic E-state index is 11.6. The van der Waals surface area contributed by atoms with E-state index in [4.69, 9.17) is 0 Å². The lowest BCUT2D eigenvalue weighted by Gasteiger charge is -2.02. The molecule has 0 unspecified atom stereocenters. The number of rotatable bonds is 3. The van der Waals surface area contributed by atoms with Gasteiger partial charge in [0.1, 0.15) is 0 Å². The number of nitrogens with one attached hydrogen (secondary N) is 1. The zero-order valence-electron chi connectivity index (χ0n) is 8.01. The number of anilines is 1. The number of thiophene rings is 1. The van der Waals surface area contributed by atoms with Gasteiger partial charge in [-0.1, -0.05) is 0 Å². The molecule has 2 aromatic heterocycles. The minimum Gasteiger partial charge on any atom is -0.326 e. The maximum Gasteiger partial charge on any atom is 0.228 e. The van der Waals surface area contributed by atoms with Crippen LogP contribution in [0.2, 0.25) is 0 Å². The highest BCUT2D eigenvalue weighted by Crippen LogP contribution is 2.09. The first-order valence-corrected chi connectivity index (χ1v) is 5.50. The third-order valence-electron chi connectivity index (χ3n) is 1.91. The summed E-state index contributed by atoms with van der Waals surface area (Å²) in [6.07, 6.45) is 3.73. The van der Waals surface area contributed by atoms with Crippen LogP contribution < -0.4 is 5.32 Å². The molecule has 4 heteroatoms. The van der Waals surface area contributed by atoms with Crippen molar-refractivity contribution < 1.29 is 4.79 Å². The molecule has 0 aromatic carbocycles. The highest BCUT2D eigenvalue weighted by Gasteiger charge is 2.03. The predicted octanol–water partition coefficient (Wildman–Crippen LogP) is 2.32. The van der Waals surface area contributed by atoms with Crippen molar-refractivity contribution in [2.45, 2.75) is 6.42 Å². The number of pyridine rings is 1. The van der Waals surface area contributed by atoms with Crippen LogP contribution >= 0.6 is 11.3 Å². The second-order valence-electron chi connectivity index (χ2n) is 3.09. The lowest BCUT2D eigenvalue weighted by molar-refractivity contribution is -0.115. The van der Waals surface area contributed by atoms with E-state index in [2.05, 4.69) is 10.3 Å². The highest BCUT2D eigenvalue weighted by atomic mass is 32.1. The number of carbonyl (C=O) groups excluding carboxylic acids is 1. The van der Waals surface area contributed by atoms with E-state index < -0.39 is 0 Å². The Kier molecular flexibility index (Phi) is 3.09. The smallest absolute Gasteiger partial charge is 0.228 e. The number of hydrogen-bond acceptors (Lipinski definition) is 3. The standard InChI is InChI=1S/C11H10N2OS/c14-11(7-9-3-6-15-8-9)13-10-1-4-12-5-2-10/h1-6,8H,7H2,(H,12,13,14). The van der Waals surface area contributed by atoms with E-state index in [0.29, 0.717) is 6.42 Å². The third-order valence-corrected chi connectivity index (χ3v) is 2.64. The molecule has 1 N–H and O–H groups in total. The van der Waals surface area contributed by atoms with E-state index in [-0.39, 0.29) is 5.91 Å². The molecule has 2 heterocycles. The van der Waals surface area contributed by atoms with E-state index in [9.17, 15) is 4.79 Å². The van der Waals surface area contributed by atoms with E-state index in [1.807, 2.05) is 16.8 Å². The molecule has 0 aliphatic heterocycles. The van der Waals surface area contributed by atoms with Gasteiger partial charge in [-0.25, -0.2) is 0 Å². The summed E-state index contributed by atoms with van der Waals surface area (Å²) in [5.41, 5.74) is 1.83. The molecule has 1 amide bonds. The highest BCUT2D eigenvalue weighted by molar-refractivity contribution is 7.08. The monoisotopic (exact) mass is 218 g/mol. The topological polar surface area (TPSA) is 42.0 Å². The fourth-order valence-electron chi connectivity index (χ4n) is 1.22. The van der Waals surface area contributed by atoms with Crippen molar-refractivity contribution in [3.8, 4) is 0 Å². The molecule has 0 spiro atoms. The molecular weight excluding hydrogens is 208 g/mol. The van der Waals surface area contributed by atoms with Crippen LogP contribution in [0.25, 0.3) is 0 Å². The lowest BCUT2D eigenvalue weighted by Crippen LogP contribution is -2.13. The SMILES string of the molecule is O=C(Cc1ccsc1)Nc1ccncc1. The Balaban J connectivity index is 1.94. The Labute approximate surface area is 91.8 Å². The Bertz CT molecular complexity index is 425. The zero-order valence-corrected chi connectivity index (χ0v) is 8.83. The number of carbonyl (C=O) groups is 1. The summed E-state index contributed by atoms with van der Waals surface area (Å²) in [5, 5.41) is 6.75. The molecule has 3 nitrogen and oxygen atoms in total. The molecule has 15 heavy (non-hydrogen) atoms. The van der Waals surface area contributed by atoms with E-state index in [0.717, 1.165) is 11.3 Å². The van der Waals surface area contributed by atoms with Gasteiger partial charge in [0.15, 0.2) is 0 Å². The van der Waals surface area contributed by atoms with Gasteiger partial charge in [-0.3, -0.25) is 9.78 Å². The Morgan fingerprint density at radius 1 is 1.33 bits per heavy atom. The molecule has 76 valence electrons. The van der Waals surface area contributed by atoms with Gasteiger partial charge in [0.25, 0.3) is 0 Å². The van der Waals surface area contributed by atoms with Crippen molar-refractivity contribution in [2.24, 2.45) is 0 Å². The van der Waals surface area contributed by atoms with Gasteiger partial charge in [-0.05, 0) is 34.5 Å². The Hall–Kier alpha value is -1.68. The quantitative estimate of drug-likeness (QED) is 0.859. The molecule has 2 rings (SSSR count). The van der Waals surface area contributed by atoms with Crippen molar-refractivity contribution in [3.63, 3.8) is 0 Å². The fourth-order valence-corrected chi connectivity index (χ4v) is 1.89. The number of amides is 1. The first-order valence-electron chi connectivity index (χ1n) is 4.55. The second-order valence-corrected chi connectivity index (χ2v) is 3.87. The normalized spacial score (nSPS) is 9.87. The van der Waals surface area contributed by atoms with Crippen molar-refractivity contribution >= 4 is 22.9 Å². The van der Waals surface area contributed by atoms with Gasteiger partial charge in [0, 0.05) is 18.1 Å². The second kappa shape index (κ2) is 4.70. The summed E-state index contributed by atoms with van der Waals surface area (Å²) in [6.45, 7) is 0. The van der Waals surface area contributed by atoms with E-state index in [1.165, 1.54) is 0 Å². The largest absolute Gasteiger partial charge is 0.326 e. The number of hydrogen-bond donors (Lipinski definition) is 1. The Morgan fingerprint density at radius 3 is 2.80 bits per heavy atom. The summed E-state index contributed by atoms with van der Waals surface area (Å²) in [5.74, 6) is -0.000370. The minimum atomic E-state index is -0.000370. The van der Waals surface area contributed by atoms with Crippen LogP contribution in [0.3, 0.4) is 0 Å². The van der Waals surface area contributed by atoms with Gasteiger partial charge >= 0.3 is 0 Å². The molecule has 0 aliphatic carbocycles. The first-order chi connectivity index (χ1) is 7.34. The number of nitrogens with zero attached hydrogens (tertiary/aromatic N) is 1. The van der Waals surface area contributed by atoms with Crippen LogP contribution in [0.4, 0.5) is 5.69 Å². The molecule has 0 saturated heterocycles. The van der Waals surface area contributed by atoms with Crippen molar-refractivity contribution in [1.82, 2.24) is 4.98 Å². The summed E-state index contributed by atoms with van der Waals surface area (Å²) in [4.78, 5) is 15.4. The van der Waals surface area contributed by atoms with Crippen LogP contribution in [-0.2, 0) is 11.2 Å². The van der Waals surface area contributed by atoms with Crippen LogP contribution in [0.1, 0.15) is 5.56 Å². The van der Waals surface area contributed by atoms with E-state index >= 15 is 0 Å². The summed E-state index contributed by atoms with van der Waals surface area (Å²) in [6, 6.07) is 5.49. The third kappa shape index (κ3) is 2.89. The van der Waals surface area contributed by atoms with Gasteiger partial charge in [-0.15, -0.1) is 0 Å². The molecule has 0 fully saturated rings. The van der Waals surface area contributed by atoms with Gasteiger partial charge in [-0.2, -0.15) is 11.3 Å². The summed E-state index contributed by atoms with van der Waals surface area (Å²) >= 11 is 1.60. The van der Waals surface area contributed by atoms with Gasteiger partial charge in [0.2, 0.25) is 5.91 Å². The Morgan fingerprint density at radius 2 is 2.13 bits per heavy atom. The average molecular weight is 218 g/mol. The van der Waals surface area contributed by atoms with Crippen LogP contribution in [0, 0.1) is 0 Å². The van der Waals surface area contributed by atoms with Crippen LogP contribution in [-0.4, -0.2) is 10.9 Å². The first kappa shape index (κ1) is 9.86. The molecule has 0 atom stereocenters. The van der Waals surface area contributed by atoms with Crippen molar-refractivity contribution in [2.75, 3.05) is 5.32 Å². The molecule has 0 bridgehead atoms. The average Bonchev–Trinajstić information content (AvgIpc) is 2.71. The summed E-state index contributed by atoms with van der Waals surface area (Å²) in [7, 11) is 0. The molecule has 0 radical (unpaired) electrons. The zero-order chi connectivity index (χ0) is 10.5. The molecular formula is C11H10N2OS. The molecule has 0 saturated carbocycles. The maximum atomic E-state index is 11.6.